The molecular formula is C18H12ClF3N6O4. The molecule has 0 aliphatic rings. The SMILES string of the molecule is C[C@@H](c1ccc(OC(F)(F)F)c(Cl)c1)n1ncc2nc(-n3cc(C(=O)O)cn3)nc(O)c21. The molecule has 0 spiro atoms. The van der Waals surface area contributed by atoms with E-state index in [-0.39, 0.29) is 27.6 Å². The van der Waals surface area contributed by atoms with E-state index in [0.29, 0.717) is 5.56 Å². The van der Waals surface area contributed by atoms with Gasteiger partial charge in [-0.05, 0) is 24.6 Å². The number of ether oxygens (including phenoxy) is 1. The maximum atomic E-state index is 12.4. The van der Waals surface area contributed by atoms with E-state index in [1.54, 1.807) is 6.92 Å². The van der Waals surface area contributed by atoms with Gasteiger partial charge in [0, 0.05) is 6.20 Å². The van der Waals surface area contributed by atoms with Crippen LogP contribution in [0, 0.1) is 0 Å². The maximum Gasteiger partial charge on any atom is 0.573 e. The van der Waals surface area contributed by atoms with Gasteiger partial charge in [0.25, 0.3) is 5.95 Å². The number of carbonyl (C=O) groups is 1. The smallest absolute Gasteiger partial charge is 0.492 e. The van der Waals surface area contributed by atoms with Crippen LogP contribution < -0.4 is 4.74 Å². The van der Waals surface area contributed by atoms with Crippen LogP contribution in [0.3, 0.4) is 0 Å². The molecule has 0 aliphatic carbocycles. The average Bonchev–Trinajstić information content (AvgIpc) is 3.35. The van der Waals surface area contributed by atoms with Crippen molar-refractivity contribution in [2.24, 2.45) is 0 Å². The van der Waals surface area contributed by atoms with Gasteiger partial charge in [-0.25, -0.2) is 14.5 Å². The Morgan fingerprint density at radius 2 is 1.97 bits per heavy atom. The molecule has 4 aromatic rings. The number of rotatable bonds is 5. The summed E-state index contributed by atoms with van der Waals surface area (Å²) >= 11 is 5.92. The summed E-state index contributed by atoms with van der Waals surface area (Å²) in [4.78, 5) is 19.2. The summed E-state index contributed by atoms with van der Waals surface area (Å²) in [5.41, 5.74) is 0.775. The van der Waals surface area contributed by atoms with Crippen molar-refractivity contribution in [1.29, 1.82) is 0 Å². The lowest BCUT2D eigenvalue weighted by molar-refractivity contribution is -0.274. The van der Waals surface area contributed by atoms with Crippen molar-refractivity contribution >= 4 is 28.6 Å². The van der Waals surface area contributed by atoms with Gasteiger partial charge in [-0.2, -0.15) is 15.2 Å². The number of carboxylic acid groups (broad SMARTS) is 1. The van der Waals surface area contributed by atoms with Gasteiger partial charge >= 0.3 is 12.3 Å². The second kappa shape index (κ2) is 7.67. The van der Waals surface area contributed by atoms with Crippen LogP contribution in [0.4, 0.5) is 13.2 Å². The van der Waals surface area contributed by atoms with Crippen molar-refractivity contribution < 1.29 is 32.9 Å². The van der Waals surface area contributed by atoms with Crippen molar-refractivity contribution in [2.45, 2.75) is 19.3 Å². The summed E-state index contributed by atoms with van der Waals surface area (Å²) in [5, 5.41) is 27.3. The van der Waals surface area contributed by atoms with Crippen LogP contribution in [0.5, 0.6) is 11.6 Å². The molecule has 1 atom stereocenters. The van der Waals surface area contributed by atoms with Crippen molar-refractivity contribution in [2.75, 3.05) is 0 Å². The summed E-state index contributed by atoms with van der Waals surface area (Å²) < 4.78 is 43.7. The predicted molar refractivity (Wildman–Crippen MR) is 103 cm³/mol. The number of benzene rings is 1. The van der Waals surface area contributed by atoms with Gasteiger partial charge in [-0.1, -0.05) is 17.7 Å². The molecule has 2 N–H and O–H groups in total. The number of carboxylic acids is 1. The first kappa shape index (κ1) is 21.4. The third-order valence-electron chi connectivity index (χ3n) is 4.48. The number of aromatic hydroxyl groups is 1. The Labute approximate surface area is 181 Å². The Balaban J connectivity index is 1.69. The van der Waals surface area contributed by atoms with Crippen LogP contribution >= 0.6 is 11.6 Å². The lowest BCUT2D eigenvalue weighted by Gasteiger charge is -2.16. The maximum absolute atomic E-state index is 12.4. The Bertz CT molecular complexity index is 1340. The number of fused-ring (bicyclic) bond motifs is 1. The quantitative estimate of drug-likeness (QED) is 0.455. The van der Waals surface area contributed by atoms with Crippen LogP contribution in [0.25, 0.3) is 17.0 Å². The molecule has 0 radical (unpaired) electrons. The highest BCUT2D eigenvalue weighted by atomic mass is 35.5. The molecule has 4 rings (SSSR count). The molecule has 0 aliphatic heterocycles. The van der Waals surface area contributed by atoms with Gasteiger partial charge in [0.1, 0.15) is 16.8 Å². The molecule has 0 bridgehead atoms. The molecule has 0 unspecified atom stereocenters. The zero-order valence-electron chi connectivity index (χ0n) is 15.9. The molecule has 32 heavy (non-hydrogen) atoms. The van der Waals surface area contributed by atoms with Crippen LogP contribution in [0.15, 0.2) is 36.8 Å². The van der Waals surface area contributed by atoms with Gasteiger partial charge in [0.15, 0.2) is 0 Å². The molecule has 1 aromatic carbocycles. The normalized spacial score (nSPS) is 12.8. The fourth-order valence-corrected chi connectivity index (χ4v) is 3.22. The monoisotopic (exact) mass is 468 g/mol. The fraction of sp³-hybridized carbons (Fsp3) is 0.167. The van der Waals surface area contributed by atoms with E-state index < -0.39 is 30.0 Å². The molecule has 14 heteroatoms. The van der Waals surface area contributed by atoms with Crippen molar-refractivity contribution in [3.05, 3.63) is 52.9 Å². The fourth-order valence-electron chi connectivity index (χ4n) is 3.00. The summed E-state index contributed by atoms with van der Waals surface area (Å²) in [6, 6.07) is 3.19. The molecule has 0 fully saturated rings. The standard InChI is InChI=1S/C18H12ClF3N6O4/c1-8(9-2-3-13(11(19)4-9)32-18(20,21)22)28-14-12(6-24-28)25-17(26-15(14)29)27-7-10(5-23-27)16(30)31/h2-8H,1H3,(H,30,31)(H,25,26,29)/t8-/m0/s1. The Morgan fingerprint density at radius 1 is 1.22 bits per heavy atom. The highest BCUT2D eigenvalue weighted by Crippen LogP contribution is 2.34. The zero-order valence-corrected chi connectivity index (χ0v) is 16.7. The van der Waals surface area contributed by atoms with E-state index in [9.17, 15) is 23.1 Å². The highest BCUT2D eigenvalue weighted by molar-refractivity contribution is 6.32. The van der Waals surface area contributed by atoms with E-state index in [4.69, 9.17) is 16.7 Å². The van der Waals surface area contributed by atoms with Crippen molar-refractivity contribution in [3.8, 4) is 17.6 Å². The third kappa shape index (κ3) is 4.01. The Kier molecular flexibility index (Phi) is 5.12. The van der Waals surface area contributed by atoms with Gasteiger partial charge in [0.2, 0.25) is 5.88 Å². The minimum absolute atomic E-state index is 0.0774. The number of nitrogens with zero attached hydrogens (tertiary/aromatic N) is 6. The summed E-state index contributed by atoms with van der Waals surface area (Å²) in [5.74, 6) is -2.26. The van der Waals surface area contributed by atoms with Crippen LogP contribution in [-0.4, -0.2) is 52.1 Å². The second-order valence-corrected chi connectivity index (χ2v) is 6.97. The van der Waals surface area contributed by atoms with Crippen molar-refractivity contribution in [3.63, 3.8) is 0 Å². The van der Waals surface area contributed by atoms with E-state index >= 15 is 0 Å². The first-order valence-corrected chi connectivity index (χ1v) is 9.19. The molecule has 166 valence electrons. The molecule has 3 aromatic heterocycles. The third-order valence-corrected chi connectivity index (χ3v) is 4.78. The number of aromatic carboxylic acids is 1. The summed E-state index contributed by atoms with van der Waals surface area (Å²) in [7, 11) is 0. The molecule has 0 saturated carbocycles. The number of alkyl halides is 3. The van der Waals surface area contributed by atoms with E-state index in [1.165, 1.54) is 29.2 Å². The molecule has 0 saturated heterocycles. The number of aromatic nitrogens is 6. The summed E-state index contributed by atoms with van der Waals surface area (Å²) in [6.07, 6.45) is -1.24. The molecule has 0 amide bonds. The van der Waals surface area contributed by atoms with Crippen LogP contribution in [0.2, 0.25) is 5.02 Å². The Hall–Kier alpha value is -3.87. The molecule has 10 nitrogen and oxygen atoms in total. The average molecular weight is 469 g/mol. The van der Waals surface area contributed by atoms with Gasteiger partial charge in [-0.15, -0.1) is 13.2 Å². The number of hydrogen-bond acceptors (Lipinski definition) is 7. The van der Waals surface area contributed by atoms with E-state index in [2.05, 4.69) is 24.9 Å². The predicted octanol–water partition coefficient (Wildman–Crippen LogP) is 3.58. The van der Waals surface area contributed by atoms with E-state index in [1.807, 2.05) is 0 Å². The summed E-state index contributed by atoms with van der Waals surface area (Å²) in [6.45, 7) is 1.68. The largest absolute Gasteiger partial charge is 0.573 e. The number of hydrogen-bond donors (Lipinski definition) is 2. The lowest BCUT2D eigenvalue weighted by atomic mass is 10.1. The molecule has 3 heterocycles. The second-order valence-electron chi connectivity index (χ2n) is 6.56. The van der Waals surface area contributed by atoms with E-state index in [0.717, 1.165) is 16.9 Å². The minimum atomic E-state index is -4.88. The zero-order chi connectivity index (χ0) is 23.2. The number of halogens is 4. The Morgan fingerprint density at radius 3 is 2.59 bits per heavy atom. The highest BCUT2D eigenvalue weighted by Gasteiger charge is 2.32. The van der Waals surface area contributed by atoms with Crippen molar-refractivity contribution in [1.82, 2.24) is 29.5 Å². The van der Waals surface area contributed by atoms with Gasteiger partial charge in [0.05, 0.1) is 29.0 Å². The minimum Gasteiger partial charge on any atom is -0.492 e. The van der Waals surface area contributed by atoms with Crippen LogP contribution in [0.1, 0.15) is 28.9 Å². The first-order valence-electron chi connectivity index (χ1n) is 8.81. The topological polar surface area (TPSA) is 128 Å². The van der Waals surface area contributed by atoms with Crippen LogP contribution in [-0.2, 0) is 0 Å². The van der Waals surface area contributed by atoms with Gasteiger partial charge < -0.3 is 14.9 Å². The molecular weight excluding hydrogens is 457 g/mol. The lowest BCUT2D eigenvalue weighted by Crippen LogP contribution is -2.17. The first-order chi connectivity index (χ1) is 15.0. The van der Waals surface area contributed by atoms with Gasteiger partial charge in [-0.3, -0.25) is 4.68 Å².